The number of anilines is 1. The zero-order chi connectivity index (χ0) is 20.8. The van der Waals surface area contributed by atoms with Crippen molar-refractivity contribution >= 4 is 27.5 Å². The smallest absolute Gasteiger partial charge is 0.0954 e. The van der Waals surface area contributed by atoms with Crippen LogP contribution in [0.5, 0.6) is 0 Å². The summed E-state index contributed by atoms with van der Waals surface area (Å²) in [4.78, 5) is 2.34. The summed E-state index contributed by atoms with van der Waals surface area (Å²) >= 11 is 0. The van der Waals surface area contributed by atoms with Crippen molar-refractivity contribution in [2.45, 2.75) is 13.0 Å². The highest BCUT2D eigenvalue weighted by Crippen LogP contribution is 2.45. The summed E-state index contributed by atoms with van der Waals surface area (Å²) in [7, 11) is 2.11. The molecule has 1 aliphatic heterocycles. The van der Waals surface area contributed by atoms with Gasteiger partial charge in [0.25, 0.3) is 0 Å². The topological polar surface area (TPSA) is 32.0 Å². The maximum absolute atomic E-state index is 9.73. The average Bonchev–Trinajstić information content (AvgIpc) is 3.23. The minimum Gasteiger partial charge on any atom is -0.344 e. The molecule has 2 unspecified atom stereocenters. The molecule has 0 saturated carbocycles. The maximum atomic E-state index is 9.73. The molecule has 0 bridgehead atoms. The van der Waals surface area contributed by atoms with Crippen LogP contribution < -0.4 is 4.90 Å². The van der Waals surface area contributed by atoms with E-state index in [2.05, 4.69) is 84.0 Å². The van der Waals surface area contributed by atoms with Gasteiger partial charge in [-0.2, -0.15) is 5.26 Å². The Morgan fingerprint density at radius 3 is 2.70 bits per heavy atom. The highest BCUT2D eigenvalue weighted by molar-refractivity contribution is 6.09. The molecule has 1 aromatic heterocycles. The summed E-state index contributed by atoms with van der Waals surface area (Å²) in [5, 5.41) is 12.2. The van der Waals surface area contributed by atoms with E-state index < -0.39 is 0 Å². The monoisotopic (exact) mass is 387 g/mol. The summed E-state index contributed by atoms with van der Waals surface area (Å²) in [5.74, 6) is 2.58. The lowest BCUT2D eigenvalue weighted by atomic mass is 9.84. The number of fused-ring (bicyclic) bond motifs is 4. The van der Waals surface area contributed by atoms with Crippen LogP contribution in [0.3, 0.4) is 0 Å². The molecule has 3 aromatic rings. The van der Waals surface area contributed by atoms with E-state index in [0.717, 1.165) is 22.5 Å². The van der Waals surface area contributed by atoms with Crippen LogP contribution in [0, 0.1) is 29.6 Å². The number of benzene rings is 2. The number of rotatable bonds is 2. The first kappa shape index (κ1) is 18.1. The summed E-state index contributed by atoms with van der Waals surface area (Å²) in [5.41, 5.74) is 6.56. The largest absolute Gasteiger partial charge is 0.344 e. The lowest BCUT2D eigenvalue weighted by Gasteiger charge is -2.31. The lowest BCUT2D eigenvalue weighted by Crippen LogP contribution is -2.33. The molecule has 2 aliphatic rings. The van der Waals surface area contributed by atoms with Gasteiger partial charge < -0.3 is 9.47 Å². The van der Waals surface area contributed by atoms with Gasteiger partial charge in [-0.1, -0.05) is 36.3 Å². The quantitative estimate of drug-likeness (QED) is 0.535. The summed E-state index contributed by atoms with van der Waals surface area (Å²) in [6.45, 7) is 2.12. The van der Waals surface area contributed by atoms with E-state index in [0.29, 0.717) is 0 Å². The first-order valence-electron chi connectivity index (χ1n) is 10.0. The SMILES string of the molecule is C#C/C=C\C1=C(C)N(c2ccc3c(c2)c2ccccc2n3C)C2C=CC=C(C#N)C12. The first-order chi connectivity index (χ1) is 14.7. The highest BCUT2D eigenvalue weighted by atomic mass is 15.2. The zero-order valence-corrected chi connectivity index (χ0v) is 17.0. The number of aromatic nitrogens is 1. The van der Waals surface area contributed by atoms with Crippen LogP contribution in [0.25, 0.3) is 21.8 Å². The molecule has 3 heteroatoms. The van der Waals surface area contributed by atoms with Gasteiger partial charge in [0.15, 0.2) is 0 Å². The number of hydrogen-bond acceptors (Lipinski definition) is 2. The minimum absolute atomic E-state index is 0.00665. The Labute approximate surface area is 176 Å². The second kappa shape index (κ2) is 6.83. The molecular weight excluding hydrogens is 366 g/mol. The molecule has 0 N–H and O–H groups in total. The predicted octanol–water partition coefficient (Wildman–Crippen LogP) is 5.62. The molecule has 5 rings (SSSR count). The lowest BCUT2D eigenvalue weighted by molar-refractivity contribution is 0.664. The summed E-state index contributed by atoms with van der Waals surface area (Å²) < 4.78 is 2.24. The molecule has 2 aromatic carbocycles. The van der Waals surface area contributed by atoms with E-state index in [9.17, 15) is 5.26 Å². The van der Waals surface area contributed by atoms with E-state index in [1.165, 1.54) is 21.8 Å². The Balaban J connectivity index is 1.71. The van der Waals surface area contributed by atoms with Gasteiger partial charge in [-0.3, -0.25) is 0 Å². The van der Waals surface area contributed by atoms with Crippen molar-refractivity contribution in [1.82, 2.24) is 4.57 Å². The van der Waals surface area contributed by atoms with Crippen molar-refractivity contribution in [3.8, 4) is 18.4 Å². The number of nitrogens with zero attached hydrogens (tertiary/aromatic N) is 3. The van der Waals surface area contributed by atoms with Crippen molar-refractivity contribution in [2.75, 3.05) is 4.90 Å². The normalized spacial score (nSPS) is 20.7. The van der Waals surface area contributed by atoms with Gasteiger partial charge in [0.1, 0.15) is 0 Å². The van der Waals surface area contributed by atoms with Gasteiger partial charge in [0, 0.05) is 51.7 Å². The summed E-state index contributed by atoms with van der Waals surface area (Å²) in [6, 6.07) is 17.6. The first-order valence-corrected chi connectivity index (χ1v) is 10.0. The van der Waals surface area contributed by atoms with Gasteiger partial charge in [-0.05, 0) is 55.0 Å². The number of hydrogen-bond donors (Lipinski definition) is 0. The molecule has 0 spiro atoms. The molecule has 3 nitrogen and oxygen atoms in total. The van der Waals surface area contributed by atoms with E-state index in [4.69, 9.17) is 6.42 Å². The van der Waals surface area contributed by atoms with Crippen LogP contribution in [0.1, 0.15) is 6.92 Å². The standard InChI is InChI=1S/C27H21N3/c1-4-5-10-21-18(2)30(26-13-8-9-19(17-28)27(21)26)20-14-15-25-23(16-20)22-11-6-7-12-24(22)29(25)3/h1,5-16,26-27H,2-3H3/b10-5-. The Morgan fingerprint density at radius 1 is 1.10 bits per heavy atom. The van der Waals surface area contributed by atoms with Crippen LogP contribution >= 0.6 is 0 Å². The Morgan fingerprint density at radius 2 is 1.90 bits per heavy atom. The Bertz CT molecular complexity index is 1400. The van der Waals surface area contributed by atoms with Crippen molar-refractivity contribution in [1.29, 1.82) is 5.26 Å². The second-order valence-electron chi connectivity index (χ2n) is 7.78. The molecule has 0 fully saturated rings. The number of nitriles is 1. The molecule has 2 heterocycles. The van der Waals surface area contributed by atoms with Crippen molar-refractivity contribution in [3.63, 3.8) is 0 Å². The number of aryl methyl sites for hydroxylation is 1. The van der Waals surface area contributed by atoms with Crippen LogP contribution in [0.2, 0.25) is 0 Å². The van der Waals surface area contributed by atoms with E-state index in [1.54, 1.807) is 6.08 Å². The molecule has 1 aliphatic carbocycles. The highest BCUT2D eigenvalue weighted by Gasteiger charge is 2.40. The zero-order valence-electron chi connectivity index (χ0n) is 17.0. The molecule has 0 radical (unpaired) electrons. The fourth-order valence-corrected chi connectivity index (χ4v) is 4.99. The number of allylic oxidation sites excluding steroid dienone is 5. The van der Waals surface area contributed by atoms with Gasteiger partial charge >= 0.3 is 0 Å². The number of terminal acetylenes is 1. The minimum atomic E-state index is -0.00665. The Kier molecular flexibility index (Phi) is 4.12. The molecule has 0 amide bonds. The van der Waals surface area contributed by atoms with Crippen molar-refractivity contribution in [3.05, 3.63) is 89.7 Å². The fourth-order valence-electron chi connectivity index (χ4n) is 4.99. The molecule has 0 saturated heterocycles. The van der Waals surface area contributed by atoms with Gasteiger partial charge in [-0.15, -0.1) is 6.42 Å². The molecule has 2 atom stereocenters. The van der Waals surface area contributed by atoms with Crippen LogP contribution in [0.15, 0.2) is 89.7 Å². The third kappa shape index (κ3) is 2.46. The fraction of sp³-hybridized carbons (Fsp3) is 0.148. The van der Waals surface area contributed by atoms with Crippen LogP contribution in [-0.2, 0) is 7.05 Å². The van der Waals surface area contributed by atoms with Gasteiger partial charge in [0.05, 0.1) is 12.1 Å². The molecule has 144 valence electrons. The molecular formula is C27H21N3. The van der Waals surface area contributed by atoms with E-state index in [1.807, 2.05) is 18.2 Å². The maximum Gasteiger partial charge on any atom is 0.0954 e. The predicted molar refractivity (Wildman–Crippen MR) is 124 cm³/mol. The van der Waals surface area contributed by atoms with Crippen molar-refractivity contribution in [2.24, 2.45) is 13.0 Å². The Hall–Kier alpha value is -3.95. The van der Waals surface area contributed by atoms with Crippen LogP contribution in [-0.4, -0.2) is 10.6 Å². The van der Waals surface area contributed by atoms with Crippen LogP contribution in [0.4, 0.5) is 5.69 Å². The third-order valence-corrected chi connectivity index (χ3v) is 6.34. The van der Waals surface area contributed by atoms with Gasteiger partial charge in [0.2, 0.25) is 0 Å². The number of para-hydroxylation sites is 1. The van der Waals surface area contributed by atoms with E-state index in [-0.39, 0.29) is 12.0 Å². The average molecular weight is 387 g/mol. The third-order valence-electron chi connectivity index (χ3n) is 6.34. The summed E-state index contributed by atoms with van der Waals surface area (Å²) in [6.07, 6.45) is 15.3. The second-order valence-corrected chi connectivity index (χ2v) is 7.78. The van der Waals surface area contributed by atoms with Crippen molar-refractivity contribution < 1.29 is 0 Å². The molecule has 30 heavy (non-hydrogen) atoms. The van der Waals surface area contributed by atoms with E-state index >= 15 is 0 Å². The van der Waals surface area contributed by atoms with Gasteiger partial charge in [-0.25, -0.2) is 0 Å².